The zero-order valence-corrected chi connectivity index (χ0v) is 29.5. The molecule has 2 aromatic rings. The fourth-order valence-electron chi connectivity index (χ4n) is 5.32. The minimum Gasteiger partial charge on any atom is -0.480 e. The molecule has 0 spiro atoms. The number of carboxylic acids is 1. The summed E-state index contributed by atoms with van der Waals surface area (Å²) >= 11 is 0. The van der Waals surface area contributed by atoms with Gasteiger partial charge in [-0.2, -0.15) is 0 Å². The van der Waals surface area contributed by atoms with Crippen LogP contribution in [-0.4, -0.2) is 92.0 Å². The number of aliphatic carboxylic acids is 1. The molecule has 0 aromatic heterocycles. The minimum absolute atomic E-state index is 0.192. The van der Waals surface area contributed by atoms with Gasteiger partial charge in [0.1, 0.15) is 24.7 Å². The van der Waals surface area contributed by atoms with Gasteiger partial charge in [0.15, 0.2) is 0 Å². The second kappa shape index (κ2) is 19.5. The largest absolute Gasteiger partial charge is 0.480 e. The lowest BCUT2D eigenvalue weighted by Crippen LogP contribution is -2.63. The van der Waals surface area contributed by atoms with Gasteiger partial charge in [0.2, 0.25) is 11.8 Å². The molecule has 0 saturated heterocycles. The number of carbonyl (C=O) groups is 6. The smallest absolute Gasteiger partial charge is 0.417 e. The molecule has 2 rings (SSSR count). The molecule has 0 aliphatic rings. The lowest BCUT2D eigenvalue weighted by molar-refractivity contribution is -0.161. The molecule has 6 atom stereocenters. The van der Waals surface area contributed by atoms with Gasteiger partial charge in [-0.05, 0) is 49.7 Å². The summed E-state index contributed by atoms with van der Waals surface area (Å²) in [6, 6.07) is 11.1. The van der Waals surface area contributed by atoms with Crippen LogP contribution in [-0.2, 0) is 41.7 Å². The summed E-state index contributed by atoms with van der Waals surface area (Å²) in [5.41, 5.74) is 13.3. The number of ether oxygens (including phenoxy) is 1. The molecule has 274 valence electrons. The van der Waals surface area contributed by atoms with E-state index in [9.17, 15) is 39.0 Å². The fourth-order valence-corrected chi connectivity index (χ4v) is 5.32. The zero-order valence-electron chi connectivity index (χ0n) is 29.5. The molecule has 0 radical (unpaired) electrons. The Kier molecular flexibility index (Phi) is 16.2. The fraction of sp³-hybridized carbons (Fsp3) is 0.500. The maximum absolute atomic E-state index is 14.5. The van der Waals surface area contributed by atoms with E-state index in [2.05, 4.69) is 5.32 Å². The van der Waals surface area contributed by atoms with E-state index in [0.717, 1.165) is 5.56 Å². The number of aliphatic hydroxyl groups is 1. The van der Waals surface area contributed by atoms with Crippen LogP contribution >= 0.6 is 0 Å². The highest BCUT2D eigenvalue weighted by atomic mass is 16.6. The van der Waals surface area contributed by atoms with Crippen molar-refractivity contribution in [3.63, 3.8) is 0 Å². The van der Waals surface area contributed by atoms with Crippen LogP contribution < -0.4 is 16.8 Å². The Labute approximate surface area is 293 Å². The van der Waals surface area contributed by atoms with Crippen molar-refractivity contribution in [2.45, 2.75) is 104 Å². The van der Waals surface area contributed by atoms with Gasteiger partial charge in [-0.25, -0.2) is 14.5 Å². The van der Waals surface area contributed by atoms with Crippen LogP contribution in [0.15, 0.2) is 60.7 Å². The molecule has 2 aromatic carbocycles. The van der Waals surface area contributed by atoms with Crippen LogP contribution in [0, 0.1) is 11.8 Å². The van der Waals surface area contributed by atoms with Crippen LogP contribution in [0.2, 0.25) is 0 Å². The first-order valence-electron chi connectivity index (χ1n) is 16.6. The lowest BCUT2D eigenvalue weighted by Gasteiger charge is -2.38. The molecule has 14 heteroatoms. The monoisotopic (exact) mass is 697 g/mol. The number of nitrogens with zero attached hydrogens (tertiary/aromatic N) is 2. The number of hydrogen-bond acceptors (Lipinski definition) is 10. The van der Waals surface area contributed by atoms with E-state index in [-0.39, 0.29) is 13.0 Å². The second-order valence-corrected chi connectivity index (χ2v) is 13.0. The molecule has 7 N–H and O–H groups in total. The van der Waals surface area contributed by atoms with Crippen LogP contribution in [0.5, 0.6) is 0 Å². The number of aliphatic hydroxyl groups excluding tert-OH is 1. The molecule has 0 aliphatic carbocycles. The third-order valence-corrected chi connectivity index (χ3v) is 8.08. The first-order valence-corrected chi connectivity index (χ1v) is 16.6. The topological polar surface area (TPSA) is 223 Å². The van der Waals surface area contributed by atoms with E-state index in [0.29, 0.717) is 21.8 Å². The van der Waals surface area contributed by atoms with Gasteiger partial charge in [0.25, 0.3) is 11.8 Å². The van der Waals surface area contributed by atoms with Crippen molar-refractivity contribution in [1.29, 1.82) is 0 Å². The second-order valence-electron chi connectivity index (χ2n) is 13.0. The van der Waals surface area contributed by atoms with Crippen LogP contribution in [0.25, 0.3) is 0 Å². The molecular weight excluding hydrogens is 646 g/mol. The summed E-state index contributed by atoms with van der Waals surface area (Å²) in [5.74, 6) is -6.97. The molecule has 14 nitrogen and oxygen atoms in total. The first kappa shape index (κ1) is 41.5. The van der Waals surface area contributed by atoms with Gasteiger partial charge >= 0.3 is 12.1 Å². The number of imide groups is 2. The molecule has 0 bridgehead atoms. The van der Waals surface area contributed by atoms with Crippen LogP contribution in [0.3, 0.4) is 0 Å². The predicted octanol–water partition coefficient (Wildman–Crippen LogP) is 2.20. The lowest BCUT2D eigenvalue weighted by atomic mass is 9.95. The maximum atomic E-state index is 14.5. The summed E-state index contributed by atoms with van der Waals surface area (Å²) in [6.45, 7) is 8.43. The Morgan fingerprint density at radius 2 is 1.28 bits per heavy atom. The van der Waals surface area contributed by atoms with Gasteiger partial charge in [-0.3, -0.25) is 24.1 Å². The van der Waals surface area contributed by atoms with Gasteiger partial charge in [0, 0.05) is 12.5 Å². The van der Waals surface area contributed by atoms with Gasteiger partial charge in [0.05, 0.1) is 12.1 Å². The Bertz CT molecular complexity index is 1450. The van der Waals surface area contributed by atoms with E-state index in [1.807, 2.05) is 30.3 Å². The number of rotatable bonds is 17. The Morgan fingerprint density at radius 3 is 1.76 bits per heavy atom. The highest BCUT2D eigenvalue weighted by Gasteiger charge is 2.47. The van der Waals surface area contributed by atoms with Crippen molar-refractivity contribution in [1.82, 2.24) is 15.1 Å². The SMILES string of the molecule is CC(N)C(=O)NC(C)C(=O)N(C(=O)CC[C@H](O)[C@@H](N)Cc1ccccc1)C(C(=O)N(C(=O)OCc1ccccc1)C(C(=O)O)C(C)C)C(C)C. The molecule has 0 saturated carbocycles. The quantitative estimate of drug-likeness (QED) is 0.161. The summed E-state index contributed by atoms with van der Waals surface area (Å²) in [7, 11) is 0. The zero-order chi connectivity index (χ0) is 37.7. The summed E-state index contributed by atoms with van der Waals surface area (Å²) in [5, 5.41) is 23.4. The highest BCUT2D eigenvalue weighted by Crippen LogP contribution is 2.24. The van der Waals surface area contributed by atoms with Gasteiger partial charge in [-0.1, -0.05) is 88.4 Å². The van der Waals surface area contributed by atoms with Crippen molar-refractivity contribution < 1.29 is 43.7 Å². The number of carbonyl (C=O) groups excluding carboxylic acids is 5. The highest BCUT2D eigenvalue weighted by molar-refractivity contribution is 6.06. The third kappa shape index (κ3) is 11.7. The number of hydrogen-bond donors (Lipinski definition) is 5. The van der Waals surface area contributed by atoms with Crippen molar-refractivity contribution in [3.8, 4) is 0 Å². The van der Waals surface area contributed by atoms with E-state index in [1.165, 1.54) is 41.5 Å². The molecule has 4 unspecified atom stereocenters. The number of nitrogens with one attached hydrogen (secondary N) is 1. The number of amides is 5. The van der Waals surface area contributed by atoms with E-state index < -0.39 is 90.3 Å². The van der Waals surface area contributed by atoms with E-state index >= 15 is 0 Å². The standard InChI is InChI=1S/C36H51N5O9/c1-21(2)30(34(46)41(31(22(3)4)35(47)48)36(49)50-20-26-15-11-8-12-16-26)40(33(45)24(6)39-32(44)23(5)37)29(43)18-17-28(42)27(38)19-25-13-9-7-10-14-25/h7-16,21-24,27-28,30-31,42H,17-20,37-38H2,1-6H3,(H,39,44)(H,47,48)/t23?,24?,27-,28-,30?,31?/m0/s1. The van der Waals surface area contributed by atoms with Gasteiger partial charge < -0.3 is 31.7 Å². The molecule has 50 heavy (non-hydrogen) atoms. The average molecular weight is 698 g/mol. The van der Waals surface area contributed by atoms with Crippen molar-refractivity contribution in [2.75, 3.05) is 0 Å². The Morgan fingerprint density at radius 1 is 0.760 bits per heavy atom. The summed E-state index contributed by atoms with van der Waals surface area (Å²) in [6.07, 6.45) is -2.81. The van der Waals surface area contributed by atoms with Crippen molar-refractivity contribution in [2.24, 2.45) is 23.3 Å². The minimum atomic E-state index is -1.73. The molecular formula is C36H51N5O9. The number of carboxylic acid groups (broad SMARTS) is 1. The Balaban J connectivity index is 2.53. The predicted molar refractivity (Wildman–Crippen MR) is 185 cm³/mol. The first-order chi connectivity index (χ1) is 23.5. The van der Waals surface area contributed by atoms with E-state index in [4.69, 9.17) is 16.2 Å². The average Bonchev–Trinajstić information content (AvgIpc) is 3.06. The summed E-state index contributed by atoms with van der Waals surface area (Å²) in [4.78, 5) is 82.1. The third-order valence-electron chi connectivity index (χ3n) is 8.08. The van der Waals surface area contributed by atoms with Crippen LogP contribution in [0.4, 0.5) is 4.79 Å². The van der Waals surface area contributed by atoms with E-state index in [1.54, 1.807) is 30.3 Å². The van der Waals surface area contributed by atoms with Crippen molar-refractivity contribution >= 4 is 35.7 Å². The molecule has 5 amide bonds. The summed E-state index contributed by atoms with van der Waals surface area (Å²) < 4.78 is 5.40. The normalized spacial score (nSPS) is 14.9. The Hall–Kier alpha value is -4.66. The maximum Gasteiger partial charge on any atom is 0.417 e. The number of nitrogens with two attached hydrogens (primary N) is 2. The van der Waals surface area contributed by atoms with Gasteiger partial charge in [-0.15, -0.1) is 0 Å². The van der Waals surface area contributed by atoms with Crippen molar-refractivity contribution in [3.05, 3.63) is 71.8 Å². The molecule has 0 aliphatic heterocycles. The number of benzene rings is 2. The van der Waals surface area contributed by atoms with Crippen LogP contribution in [0.1, 0.15) is 65.5 Å². The molecule has 0 heterocycles. The molecule has 0 fully saturated rings.